The summed E-state index contributed by atoms with van der Waals surface area (Å²) in [5.41, 5.74) is 2.37. The Morgan fingerprint density at radius 3 is 2.22 bits per heavy atom. The zero-order chi connectivity index (χ0) is 25.5. The fourth-order valence-electron chi connectivity index (χ4n) is 4.35. The van der Waals surface area contributed by atoms with Gasteiger partial charge in [0.05, 0.1) is 12.5 Å². The summed E-state index contributed by atoms with van der Waals surface area (Å²) in [5.74, 6) is -1.63. The van der Waals surface area contributed by atoms with E-state index >= 15 is 0 Å². The summed E-state index contributed by atoms with van der Waals surface area (Å²) in [4.78, 5) is 41.4. The minimum Gasteiger partial charge on any atom is -0.481 e. The molecule has 8 heteroatoms. The van der Waals surface area contributed by atoms with Gasteiger partial charge < -0.3 is 14.7 Å². The van der Waals surface area contributed by atoms with Crippen molar-refractivity contribution in [1.82, 2.24) is 4.90 Å². The largest absolute Gasteiger partial charge is 0.481 e. The van der Waals surface area contributed by atoms with Crippen molar-refractivity contribution in [2.75, 3.05) is 24.6 Å². The van der Waals surface area contributed by atoms with Crippen LogP contribution in [-0.4, -0.2) is 53.6 Å². The van der Waals surface area contributed by atoms with Crippen molar-refractivity contribution in [2.24, 2.45) is 0 Å². The van der Waals surface area contributed by atoms with Gasteiger partial charge in [0.2, 0.25) is 0 Å². The third-order valence-corrected chi connectivity index (χ3v) is 6.38. The van der Waals surface area contributed by atoms with Crippen molar-refractivity contribution in [2.45, 2.75) is 25.0 Å². The first kappa shape index (κ1) is 25.4. The van der Waals surface area contributed by atoms with Crippen LogP contribution < -0.4 is 4.90 Å². The Kier molecular flexibility index (Phi) is 8.36. The molecule has 2 atom stereocenters. The van der Waals surface area contributed by atoms with E-state index in [2.05, 4.69) is 0 Å². The fourth-order valence-corrected chi connectivity index (χ4v) is 4.48. The van der Waals surface area contributed by atoms with Crippen molar-refractivity contribution in [3.63, 3.8) is 0 Å². The average molecular weight is 507 g/mol. The molecule has 0 aromatic heterocycles. The molecule has 36 heavy (non-hydrogen) atoms. The maximum absolute atomic E-state index is 13.9. The summed E-state index contributed by atoms with van der Waals surface area (Å²) in [6.07, 6.45) is -0.636. The van der Waals surface area contributed by atoms with E-state index in [1.807, 2.05) is 60.7 Å². The van der Waals surface area contributed by atoms with E-state index in [0.29, 0.717) is 23.7 Å². The highest BCUT2D eigenvalue weighted by Crippen LogP contribution is 2.36. The molecule has 1 heterocycles. The summed E-state index contributed by atoms with van der Waals surface area (Å²) < 4.78 is 5.88. The van der Waals surface area contributed by atoms with E-state index in [1.54, 1.807) is 29.2 Å². The molecular weight excluding hydrogens is 480 g/mol. The summed E-state index contributed by atoms with van der Waals surface area (Å²) >= 11 is 6.07. The standard InChI is InChI=1S/C28H27ClN2O5/c29-22-11-13-23(14-12-22)31-24(32)19-36-27(26(31)21-9-5-2-6-10-21)28(35)30(18-16-25(33)34)17-15-20-7-3-1-4-8-20/h1-14,26-27H,15-19H2,(H,33,34)/t26-,27-/m1/s1. The van der Waals surface area contributed by atoms with Crippen molar-refractivity contribution < 1.29 is 24.2 Å². The van der Waals surface area contributed by atoms with E-state index < -0.39 is 18.1 Å². The van der Waals surface area contributed by atoms with Gasteiger partial charge in [-0.25, -0.2) is 0 Å². The molecule has 1 aliphatic rings. The molecule has 2 amide bonds. The Labute approximate surface area is 214 Å². The van der Waals surface area contributed by atoms with Gasteiger partial charge >= 0.3 is 5.97 Å². The van der Waals surface area contributed by atoms with E-state index in [-0.39, 0.29) is 31.4 Å². The number of carboxylic acids is 1. The van der Waals surface area contributed by atoms with Crippen molar-refractivity contribution >= 4 is 35.1 Å². The molecule has 0 unspecified atom stereocenters. The Morgan fingerprint density at radius 1 is 0.944 bits per heavy atom. The van der Waals surface area contributed by atoms with Gasteiger partial charge in [-0.05, 0) is 41.8 Å². The van der Waals surface area contributed by atoms with Crippen LogP contribution in [0.5, 0.6) is 0 Å². The average Bonchev–Trinajstić information content (AvgIpc) is 2.90. The second-order valence-corrected chi connectivity index (χ2v) is 8.97. The van der Waals surface area contributed by atoms with E-state index in [1.165, 1.54) is 4.90 Å². The van der Waals surface area contributed by atoms with Crippen LogP contribution >= 0.6 is 11.6 Å². The minimum absolute atomic E-state index is 0.0389. The highest BCUT2D eigenvalue weighted by molar-refractivity contribution is 6.30. The van der Waals surface area contributed by atoms with Gasteiger partial charge in [0.15, 0.2) is 6.10 Å². The maximum atomic E-state index is 13.9. The molecule has 4 rings (SSSR count). The second kappa shape index (κ2) is 11.8. The van der Waals surface area contributed by atoms with Gasteiger partial charge in [0.1, 0.15) is 6.61 Å². The number of amides is 2. The van der Waals surface area contributed by atoms with Gasteiger partial charge in [-0.15, -0.1) is 0 Å². The Balaban J connectivity index is 1.67. The number of aliphatic carboxylic acids is 1. The topological polar surface area (TPSA) is 87.1 Å². The number of carbonyl (C=O) groups is 3. The van der Waals surface area contributed by atoms with E-state index in [4.69, 9.17) is 16.3 Å². The molecule has 1 saturated heterocycles. The lowest BCUT2D eigenvalue weighted by Gasteiger charge is -2.42. The smallest absolute Gasteiger partial charge is 0.305 e. The SMILES string of the molecule is O=C(O)CCN(CCc1ccccc1)C(=O)[C@@H]1OCC(=O)N(c2ccc(Cl)cc2)[C@@H]1c1ccccc1. The molecule has 0 saturated carbocycles. The molecule has 0 spiro atoms. The van der Waals surface area contributed by atoms with Crippen LogP contribution in [0.3, 0.4) is 0 Å². The second-order valence-electron chi connectivity index (χ2n) is 8.53. The number of benzene rings is 3. The predicted octanol–water partition coefficient (Wildman–Crippen LogP) is 4.36. The molecule has 186 valence electrons. The molecular formula is C28H27ClN2O5. The van der Waals surface area contributed by atoms with Crippen LogP contribution in [0.4, 0.5) is 5.69 Å². The minimum atomic E-state index is -1.01. The van der Waals surface area contributed by atoms with Crippen LogP contribution in [0.2, 0.25) is 5.02 Å². The van der Waals surface area contributed by atoms with Gasteiger partial charge in [-0.1, -0.05) is 72.3 Å². The number of ether oxygens (including phenoxy) is 1. The van der Waals surface area contributed by atoms with Crippen LogP contribution in [0.15, 0.2) is 84.9 Å². The third-order valence-electron chi connectivity index (χ3n) is 6.13. The first-order valence-electron chi connectivity index (χ1n) is 11.7. The summed E-state index contributed by atoms with van der Waals surface area (Å²) in [6, 6.07) is 25.0. The molecule has 1 fully saturated rings. The van der Waals surface area contributed by atoms with Crippen LogP contribution in [-0.2, 0) is 25.5 Å². The number of nitrogens with zero attached hydrogens (tertiary/aromatic N) is 2. The Morgan fingerprint density at radius 2 is 1.58 bits per heavy atom. The lowest BCUT2D eigenvalue weighted by Crippen LogP contribution is -2.55. The van der Waals surface area contributed by atoms with Gasteiger partial charge in [0.25, 0.3) is 11.8 Å². The van der Waals surface area contributed by atoms with E-state index in [0.717, 1.165) is 11.1 Å². The van der Waals surface area contributed by atoms with E-state index in [9.17, 15) is 19.5 Å². The lowest BCUT2D eigenvalue weighted by molar-refractivity contribution is -0.153. The number of anilines is 1. The summed E-state index contributed by atoms with van der Waals surface area (Å²) in [5, 5.41) is 9.82. The quantitative estimate of drug-likeness (QED) is 0.466. The molecule has 0 bridgehead atoms. The molecule has 0 radical (unpaired) electrons. The molecule has 3 aromatic carbocycles. The monoisotopic (exact) mass is 506 g/mol. The van der Waals surface area contributed by atoms with Crippen molar-refractivity contribution in [3.05, 3.63) is 101 Å². The molecule has 3 aromatic rings. The fraction of sp³-hybridized carbons (Fsp3) is 0.250. The van der Waals surface area contributed by atoms with Gasteiger partial charge in [-0.3, -0.25) is 19.3 Å². The highest BCUT2D eigenvalue weighted by atomic mass is 35.5. The number of rotatable bonds is 9. The zero-order valence-electron chi connectivity index (χ0n) is 19.6. The summed E-state index contributed by atoms with van der Waals surface area (Å²) in [6.45, 7) is 0.0947. The Bertz CT molecular complexity index is 1190. The third kappa shape index (κ3) is 6.11. The number of morpholine rings is 1. The summed E-state index contributed by atoms with van der Waals surface area (Å²) in [7, 11) is 0. The van der Waals surface area contributed by atoms with Crippen LogP contribution in [0.1, 0.15) is 23.6 Å². The predicted molar refractivity (Wildman–Crippen MR) is 137 cm³/mol. The highest BCUT2D eigenvalue weighted by Gasteiger charge is 2.44. The lowest BCUT2D eigenvalue weighted by atomic mass is 9.95. The zero-order valence-corrected chi connectivity index (χ0v) is 20.4. The molecule has 1 aliphatic heterocycles. The number of hydrogen-bond donors (Lipinski definition) is 1. The number of hydrogen-bond acceptors (Lipinski definition) is 4. The molecule has 0 aliphatic carbocycles. The molecule has 1 N–H and O–H groups in total. The normalized spacial score (nSPS) is 17.6. The number of carboxylic acid groups (broad SMARTS) is 1. The first-order valence-corrected chi connectivity index (χ1v) is 12.1. The molecule has 7 nitrogen and oxygen atoms in total. The van der Waals surface area contributed by atoms with Gasteiger partial charge in [0, 0.05) is 23.8 Å². The van der Waals surface area contributed by atoms with Crippen LogP contribution in [0.25, 0.3) is 0 Å². The van der Waals surface area contributed by atoms with Crippen molar-refractivity contribution in [1.29, 1.82) is 0 Å². The Hall–Kier alpha value is -3.68. The number of carbonyl (C=O) groups excluding carboxylic acids is 2. The van der Waals surface area contributed by atoms with Crippen LogP contribution in [0, 0.1) is 0 Å². The first-order chi connectivity index (χ1) is 17.4. The van der Waals surface area contributed by atoms with Crippen molar-refractivity contribution in [3.8, 4) is 0 Å². The number of halogens is 1. The maximum Gasteiger partial charge on any atom is 0.305 e. The van der Waals surface area contributed by atoms with Gasteiger partial charge in [-0.2, -0.15) is 0 Å².